The molecule has 2 aromatic carbocycles. The van der Waals surface area contributed by atoms with E-state index in [1.807, 2.05) is 0 Å². The minimum atomic E-state index is -3.99. The Kier molecular flexibility index (Phi) is 5.67. The molecule has 0 fully saturated rings. The van der Waals surface area contributed by atoms with Gasteiger partial charge in [-0.25, -0.2) is 16.8 Å². The number of carboxylic acid groups (broad SMARTS) is 2. The van der Waals surface area contributed by atoms with Crippen molar-refractivity contribution < 1.29 is 36.6 Å². The molecule has 2 rings (SSSR count). The van der Waals surface area contributed by atoms with E-state index in [4.69, 9.17) is 0 Å². The standard InChI is InChI=1S/C16H16O8S2/c17-15(18)7-9-25(21,22)13-5-1-3-11-12(13)4-2-6-14(11)26(23,24)10-8-16(19)20/h1-6H,7-10H2,(H,17,18)(H,19,20)/p-2. The Labute approximate surface area is 149 Å². The van der Waals surface area contributed by atoms with Gasteiger partial charge in [-0.1, -0.05) is 24.3 Å². The Morgan fingerprint density at radius 1 is 0.692 bits per heavy atom. The lowest BCUT2D eigenvalue weighted by atomic mass is 10.1. The fraction of sp³-hybridized carbons (Fsp3) is 0.250. The van der Waals surface area contributed by atoms with Gasteiger partial charge >= 0.3 is 0 Å². The summed E-state index contributed by atoms with van der Waals surface area (Å²) in [5.74, 6) is -4.40. The number of carbonyl (C=O) groups is 2. The van der Waals surface area contributed by atoms with Crippen molar-refractivity contribution in [3.8, 4) is 0 Å². The van der Waals surface area contributed by atoms with Crippen LogP contribution in [0.1, 0.15) is 12.8 Å². The molecule has 0 saturated carbocycles. The van der Waals surface area contributed by atoms with E-state index in [-0.39, 0.29) is 20.6 Å². The number of fused-ring (bicyclic) bond motifs is 1. The van der Waals surface area contributed by atoms with Gasteiger partial charge in [-0.3, -0.25) is 0 Å². The molecule has 0 aliphatic carbocycles. The molecule has 26 heavy (non-hydrogen) atoms. The van der Waals surface area contributed by atoms with Gasteiger partial charge in [0.25, 0.3) is 0 Å². The third-order valence-corrected chi connectivity index (χ3v) is 7.20. The molecule has 2 aromatic rings. The zero-order valence-corrected chi connectivity index (χ0v) is 15.0. The zero-order valence-electron chi connectivity index (χ0n) is 13.4. The van der Waals surface area contributed by atoms with Gasteiger partial charge in [-0.2, -0.15) is 0 Å². The fourth-order valence-corrected chi connectivity index (χ4v) is 5.36. The maximum absolute atomic E-state index is 12.4. The van der Waals surface area contributed by atoms with Crippen molar-refractivity contribution in [3.05, 3.63) is 36.4 Å². The van der Waals surface area contributed by atoms with Crippen molar-refractivity contribution in [1.29, 1.82) is 0 Å². The SMILES string of the molecule is O=C([O-])CCS(=O)(=O)c1cccc2c(S(=O)(=O)CCC(=O)[O-])cccc12. The van der Waals surface area contributed by atoms with Gasteiger partial charge in [0, 0.05) is 35.6 Å². The molecule has 0 heterocycles. The Morgan fingerprint density at radius 2 is 1.04 bits per heavy atom. The van der Waals surface area contributed by atoms with Crippen molar-refractivity contribution >= 4 is 42.4 Å². The second-order valence-electron chi connectivity index (χ2n) is 5.49. The van der Waals surface area contributed by atoms with E-state index in [9.17, 15) is 36.6 Å². The molecule has 0 spiro atoms. The molecule has 0 saturated heterocycles. The summed E-state index contributed by atoms with van der Waals surface area (Å²) in [6.45, 7) is 0. The molecule has 10 heteroatoms. The highest BCUT2D eigenvalue weighted by Crippen LogP contribution is 2.30. The van der Waals surface area contributed by atoms with Gasteiger partial charge in [0.05, 0.1) is 21.3 Å². The van der Waals surface area contributed by atoms with E-state index in [0.29, 0.717) is 0 Å². The summed E-state index contributed by atoms with van der Waals surface area (Å²) < 4.78 is 49.6. The quantitative estimate of drug-likeness (QED) is 0.531. The van der Waals surface area contributed by atoms with Gasteiger partial charge in [-0.15, -0.1) is 0 Å². The van der Waals surface area contributed by atoms with Crippen molar-refractivity contribution in [2.75, 3.05) is 11.5 Å². The first kappa shape index (κ1) is 19.9. The molecule has 0 amide bonds. The highest BCUT2D eigenvalue weighted by Gasteiger charge is 2.22. The minimum absolute atomic E-state index is 0.111. The third-order valence-electron chi connectivity index (χ3n) is 3.66. The Bertz CT molecular complexity index is 981. The van der Waals surface area contributed by atoms with Gasteiger partial charge in [-0.05, 0) is 12.1 Å². The largest absolute Gasteiger partial charge is 0.550 e. The molecule has 8 nitrogen and oxygen atoms in total. The zero-order chi connectivity index (χ0) is 19.5. The van der Waals surface area contributed by atoms with Gasteiger partial charge in [0.15, 0.2) is 19.7 Å². The summed E-state index contributed by atoms with van der Waals surface area (Å²) in [6.07, 6.45) is -1.38. The molecule has 0 radical (unpaired) electrons. The van der Waals surface area contributed by atoms with Crippen LogP contribution in [0.3, 0.4) is 0 Å². The van der Waals surface area contributed by atoms with Crippen LogP contribution in [0.15, 0.2) is 46.2 Å². The summed E-state index contributed by atoms with van der Waals surface area (Å²) in [7, 11) is -7.98. The summed E-state index contributed by atoms with van der Waals surface area (Å²) in [5, 5.41) is 21.3. The third kappa shape index (κ3) is 4.38. The van der Waals surface area contributed by atoms with Crippen LogP contribution in [0.4, 0.5) is 0 Å². The number of hydrogen-bond acceptors (Lipinski definition) is 8. The fourth-order valence-electron chi connectivity index (χ4n) is 2.45. The van der Waals surface area contributed by atoms with Crippen molar-refractivity contribution in [3.63, 3.8) is 0 Å². The van der Waals surface area contributed by atoms with E-state index in [0.717, 1.165) is 0 Å². The average Bonchev–Trinajstić information content (AvgIpc) is 2.57. The lowest BCUT2D eigenvalue weighted by Crippen LogP contribution is -2.25. The predicted octanol–water partition coefficient (Wildman–Crippen LogP) is -1.33. The molecule has 0 aromatic heterocycles. The molecule has 0 atom stereocenters. The smallest absolute Gasteiger partial charge is 0.179 e. The number of carbonyl (C=O) groups excluding carboxylic acids is 2. The highest BCUT2D eigenvalue weighted by molar-refractivity contribution is 7.92. The number of benzene rings is 2. The van der Waals surface area contributed by atoms with Crippen molar-refractivity contribution in [2.45, 2.75) is 22.6 Å². The number of hydrogen-bond donors (Lipinski definition) is 0. The lowest BCUT2D eigenvalue weighted by molar-refractivity contribution is -0.306. The number of carboxylic acids is 2. The molecule has 140 valence electrons. The molecule has 0 aliphatic rings. The summed E-state index contributed by atoms with van der Waals surface area (Å²) in [4.78, 5) is 20.7. The van der Waals surface area contributed by atoms with E-state index in [1.165, 1.54) is 36.4 Å². The molecule has 0 aliphatic heterocycles. The Hall–Kier alpha value is -2.46. The van der Waals surface area contributed by atoms with Crippen LogP contribution in [0, 0.1) is 0 Å². The van der Waals surface area contributed by atoms with Crippen LogP contribution >= 0.6 is 0 Å². The molecule has 0 N–H and O–H groups in total. The van der Waals surface area contributed by atoms with Crippen LogP contribution in [-0.2, 0) is 29.3 Å². The van der Waals surface area contributed by atoms with E-state index in [2.05, 4.69) is 0 Å². The van der Waals surface area contributed by atoms with Gasteiger partial charge in [0.2, 0.25) is 0 Å². The first-order valence-electron chi connectivity index (χ1n) is 7.41. The van der Waals surface area contributed by atoms with Crippen LogP contribution in [-0.4, -0.2) is 40.3 Å². The lowest BCUT2D eigenvalue weighted by Gasteiger charge is -2.12. The topological polar surface area (TPSA) is 149 Å². The average molecular weight is 398 g/mol. The van der Waals surface area contributed by atoms with E-state index in [1.54, 1.807) is 0 Å². The monoisotopic (exact) mass is 398 g/mol. The number of rotatable bonds is 8. The van der Waals surface area contributed by atoms with E-state index < -0.39 is 56.0 Å². The number of aliphatic carboxylic acids is 2. The Morgan fingerprint density at radius 3 is 1.35 bits per heavy atom. The van der Waals surface area contributed by atoms with Crippen LogP contribution in [0.25, 0.3) is 10.8 Å². The normalized spacial score (nSPS) is 12.2. The molecule has 0 unspecified atom stereocenters. The first-order chi connectivity index (χ1) is 12.0. The van der Waals surface area contributed by atoms with Crippen LogP contribution in [0.2, 0.25) is 0 Å². The van der Waals surface area contributed by atoms with Crippen molar-refractivity contribution in [2.24, 2.45) is 0 Å². The second-order valence-corrected chi connectivity index (χ2v) is 9.64. The minimum Gasteiger partial charge on any atom is -0.550 e. The van der Waals surface area contributed by atoms with E-state index >= 15 is 0 Å². The maximum atomic E-state index is 12.4. The van der Waals surface area contributed by atoms with Gasteiger partial charge in [0.1, 0.15) is 0 Å². The van der Waals surface area contributed by atoms with Gasteiger partial charge < -0.3 is 19.8 Å². The van der Waals surface area contributed by atoms with Crippen molar-refractivity contribution in [1.82, 2.24) is 0 Å². The molecular weight excluding hydrogens is 384 g/mol. The summed E-state index contributed by atoms with van der Waals surface area (Å²) >= 11 is 0. The van der Waals surface area contributed by atoms with Crippen LogP contribution < -0.4 is 10.2 Å². The highest BCUT2D eigenvalue weighted by atomic mass is 32.2. The first-order valence-corrected chi connectivity index (χ1v) is 10.7. The van der Waals surface area contributed by atoms with Crippen LogP contribution in [0.5, 0.6) is 0 Å². The molecule has 0 bridgehead atoms. The maximum Gasteiger partial charge on any atom is 0.179 e. The summed E-state index contributed by atoms with van der Waals surface area (Å²) in [5.41, 5.74) is 0. The number of sulfone groups is 2. The Balaban J connectivity index is 2.59. The summed E-state index contributed by atoms with van der Waals surface area (Å²) in [6, 6.07) is 7.99. The predicted molar refractivity (Wildman–Crippen MR) is 87.3 cm³/mol. The molecular formula is C16H14O8S2-2. The second kappa shape index (κ2) is 7.42.